The maximum absolute atomic E-state index is 5.82. The van der Waals surface area contributed by atoms with E-state index >= 15 is 0 Å². The highest BCUT2D eigenvalue weighted by Gasteiger charge is 1.96. The second-order valence-corrected chi connectivity index (χ2v) is 4.81. The lowest BCUT2D eigenvalue weighted by atomic mass is 10.3. The summed E-state index contributed by atoms with van der Waals surface area (Å²) in [6.07, 6.45) is 8.11. The van der Waals surface area contributed by atoms with Crippen molar-refractivity contribution in [1.29, 1.82) is 0 Å². The van der Waals surface area contributed by atoms with Crippen LogP contribution in [0.15, 0.2) is 12.1 Å². The normalized spacial score (nSPS) is 10.0. The van der Waals surface area contributed by atoms with Gasteiger partial charge in [-0.05, 0) is 38.1 Å². The van der Waals surface area contributed by atoms with Crippen LogP contribution in [0.5, 0.6) is 0 Å². The van der Waals surface area contributed by atoms with Crippen LogP contribution >= 0.6 is 22.9 Å². The average molecular weight is 228 g/mol. The fourth-order valence-electron chi connectivity index (χ4n) is 1.14. The minimum absolute atomic E-state index is 0.859. The minimum Gasteiger partial charge on any atom is -0.316 e. The van der Waals surface area contributed by atoms with Gasteiger partial charge in [-0.2, -0.15) is 0 Å². The molecule has 0 aliphatic carbocycles. The predicted octanol–water partition coefficient (Wildman–Crippen LogP) is 2.95. The number of halogens is 1. The summed E-state index contributed by atoms with van der Waals surface area (Å²) in [6, 6.07) is 4.02. The van der Waals surface area contributed by atoms with Crippen LogP contribution in [0, 0.1) is 12.3 Å². The second-order valence-electron chi connectivity index (χ2n) is 3.01. The van der Waals surface area contributed by atoms with Gasteiger partial charge in [-0.15, -0.1) is 23.7 Å². The molecule has 0 saturated heterocycles. The van der Waals surface area contributed by atoms with Crippen LogP contribution < -0.4 is 5.32 Å². The molecule has 0 fully saturated rings. The number of terminal acetylenes is 1. The van der Waals surface area contributed by atoms with Crippen LogP contribution in [-0.2, 0) is 6.42 Å². The molecule has 3 heteroatoms. The van der Waals surface area contributed by atoms with E-state index < -0.39 is 0 Å². The van der Waals surface area contributed by atoms with Crippen molar-refractivity contribution in [3.05, 3.63) is 21.3 Å². The van der Waals surface area contributed by atoms with E-state index in [4.69, 9.17) is 18.0 Å². The van der Waals surface area contributed by atoms with Gasteiger partial charge in [0, 0.05) is 11.3 Å². The third-order valence-corrected chi connectivity index (χ3v) is 3.14. The van der Waals surface area contributed by atoms with Crippen molar-refractivity contribution in [2.75, 3.05) is 13.1 Å². The number of hydrogen-bond donors (Lipinski definition) is 1. The van der Waals surface area contributed by atoms with Crippen LogP contribution in [0.3, 0.4) is 0 Å². The number of rotatable bonds is 6. The zero-order valence-corrected chi connectivity index (χ0v) is 9.63. The van der Waals surface area contributed by atoms with Crippen molar-refractivity contribution >= 4 is 22.9 Å². The van der Waals surface area contributed by atoms with Crippen molar-refractivity contribution in [3.63, 3.8) is 0 Å². The molecule has 0 bridgehead atoms. The van der Waals surface area contributed by atoms with Gasteiger partial charge < -0.3 is 5.32 Å². The Morgan fingerprint density at radius 3 is 2.93 bits per heavy atom. The van der Waals surface area contributed by atoms with Gasteiger partial charge in [-0.25, -0.2) is 0 Å². The summed E-state index contributed by atoms with van der Waals surface area (Å²) in [4.78, 5) is 1.33. The summed E-state index contributed by atoms with van der Waals surface area (Å²) in [5, 5.41) is 3.35. The molecular formula is C11H14ClNS. The molecule has 0 spiro atoms. The van der Waals surface area contributed by atoms with Crippen LogP contribution in [0.1, 0.15) is 17.7 Å². The number of thiophene rings is 1. The summed E-state index contributed by atoms with van der Waals surface area (Å²) < 4.78 is 0.868. The SMILES string of the molecule is C#CCCCNCCc1ccc(Cl)s1. The van der Waals surface area contributed by atoms with Crippen LogP contribution in [0.25, 0.3) is 0 Å². The first-order valence-corrected chi connectivity index (χ1v) is 5.91. The van der Waals surface area contributed by atoms with Gasteiger partial charge in [0.1, 0.15) is 0 Å². The third-order valence-electron chi connectivity index (χ3n) is 1.85. The molecule has 1 aromatic heterocycles. The fourth-order valence-corrected chi connectivity index (χ4v) is 2.23. The quantitative estimate of drug-likeness (QED) is 0.582. The van der Waals surface area contributed by atoms with E-state index in [0.717, 1.165) is 36.7 Å². The zero-order valence-electron chi connectivity index (χ0n) is 8.05. The summed E-state index contributed by atoms with van der Waals surface area (Å²) in [7, 11) is 0. The van der Waals surface area contributed by atoms with Gasteiger partial charge in [0.2, 0.25) is 0 Å². The summed E-state index contributed by atoms with van der Waals surface area (Å²) in [6.45, 7) is 2.00. The molecule has 0 aliphatic heterocycles. The molecule has 0 saturated carbocycles. The van der Waals surface area contributed by atoms with Crippen molar-refractivity contribution in [3.8, 4) is 12.3 Å². The highest BCUT2D eigenvalue weighted by molar-refractivity contribution is 7.16. The summed E-state index contributed by atoms with van der Waals surface area (Å²) in [5.41, 5.74) is 0. The molecule has 1 aromatic rings. The fraction of sp³-hybridized carbons (Fsp3) is 0.455. The largest absolute Gasteiger partial charge is 0.316 e. The van der Waals surface area contributed by atoms with Gasteiger partial charge in [0.25, 0.3) is 0 Å². The predicted molar refractivity (Wildman–Crippen MR) is 64.0 cm³/mol. The van der Waals surface area contributed by atoms with Crippen LogP contribution in [-0.4, -0.2) is 13.1 Å². The van der Waals surface area contributed by atoms with Gasteiger partial charge in [0.15, 0.2) is 0 Å². The molecule has 0 aromatic carbocycles. The molecule has 0 amide bonds. The Morgan fingerprint density at radius 1 is 1.43 bits per heavy atom. The van der Waals surface area contributed by atoms with Gasteiger partial charge in [-0.1, -0.05) is 11.6 Å². The second kappa shape index (κ2) is 6.89. The molecule has 1 rings (SSSR count). The van der Waals surface area contributed by atoms with Gasteiger partial charge >= 0.3 is 0 Å². The average Bonchev–Trinajstić information content (AvgIpc) is 2.58. The van der Waals surface area contributed by atoms with Crippen molar-refractivity contribution in [2.24, 2.45) is 0 Å². The molecule has 0 radical (unpaired) electrons. The van der Waals surface area contributed by atoms with E-state index in [1.54, 1.807) is 11.3 Å². The molecule has 1 nitrogen and oxygen atoms in total. The van der Waals surface area contributed by atoms with Crippen molar-refractivity contribution in [2.45, 2.75) is 19.3 Å². The Labute approximate surface area is 94.5 Å². The lowest BCUT2D eigenvalue weighted by molar-refractivity contribution is 0.659. The highest BCUT2D eigenvalue weighted by atomic mass is 35.5. The third kappa shape index (κ3) is 4.66. The van der Waals surface area contributed by atoms with Crippen LogP contribution in [0.2, 0.25) is 4.34 Å². The van der Waals surface area contributed by atoms with Gasteiger partial charge in [-0.3, -0.25) is 0 Å². The van der Waals surface area contributed by atoms with Crippen LogP contribution in [0.4, 0.5) is 0 Å². The summed E-state index contributed by atoms with van der Waals surface area (Å²) in [5.74, 6) is 2.62. The molecule has 14 heavy (non-hydrogen) atoms. The van der Waals surface area contributed by atoms with E-state index in [0.29, 0.717) is 0 Å². The topological polar surface area (TPSA) is 12.0 Å². The number of hydrogen-bond acceptors (Lipinski definition) is 2. The van der Waals surface area contributed by atoms with E-state index in [9.17, 15) is 0 Å². The first-order chi connectivity index (χ1) is 6.83. The Morgan fingerprint density at radius 2 is 2.29 bits per heavy atom. The maximum Gasteiger partial charge on any atom is 0.0931 e. The van der Waals surface area contributed by atoms with E-state index in [1.165, 1.54) is 4.88 Å². The van der Waals surface area contributed by atoms with Crippen molar-refractivity contribution < 1.29 is 0 Å². The molecule has 76 valence electrons. The highest BCUT2D eigenvalue weighted by Crippen LogP contribution is 2.21. The lowest BCUT2D eigenvalue weighted by Gasteiger charge is -2.00. The first-order valence-electron chi connectivity index (χ1n) is 4.71. The number of nitrogens with one attached hydrogen (secondary N) is 1. The Balaban J connectivity index is 2.02. The molecule has 0 aliphatic rings. The summed E-state index contributed by atoms with van der Waals surface area (Å²) >= 11 is 7.47. The molecule has 1 heterocycles. The smallest absolute Gasteiger partial charge is 0.0931 e. The monoisotopic (exact) mass is 227 g/mol. The lowest BCUT2D eigenvalue weighted by Crippen LogP contribution is -2.17. The van der Waals surface area contributed by atoms with E-state index in [1.807, 2.05) is 6.07 Å². The standard InChI is InChI=1S/C11H14ClNS/c1-2-3-4-8-13-9-7-10-5-6-11(12)14-10/h1,5-6,13H,3-4,7-9H2. The molecule has 1 N–H and O–H groups in total. The van der Waals surface area contributed by atoms with E-state index in [2.05, 4.69) is 17.3 Å². The Hall–Kier alpha value is -0.490. The van der Waals surface area contributed by atoms with Gasteiger partial charge in [0.05, 0.1) is 4.34 Å². The maximum atomic E-state index is 5.82. The van der Waals surface area contributed by atoms with E-state index in [-0.39, 0.29) is 0 Å². The Bertz CT molecular complexity index is 300. The molecule has 0 unspecified atom stereocenters. The van der Waals surface area contributed by atoms with Crippen molar-refractivity contribution in [1.82, 2.24) is 5.32 Å². The number of unbranched alkanes of at least 4 members (excludes halogenated alkanes) is 1. The zero-order chi connectivity index (χ0) is 10.2. The first kappa shape index (κ1) is 11.6. The molecule has 0 atom stereocenters. The molecular weight excluding hydrogens is 214 g/mol. The Kier molecular flexibility index (Phi) is 5.70. The minimum atomic E-state index is 0.859.